The first-order valence-corrected chi connectivity index (χ1v) is 6.15. The number of nitrogen functional groups attached to an aromatic ring is 1. The first kappa shape index (κ1) is 11.1. The van der Waals surface area contributed by atoms with Crippen molar-refractivity contribution in [2.45, 2.75) is 26.4 Å². The van der Waals surface area contributed by atoms with Crippen LogP contribution in [-0.4, -0.2) is 11.1 Å². The van der Waals surface area contributed by atoms with Crippen LogP contribution in [0.15, 0.2) is 30.5 Å². The molecule has 1 aliphatic heterocycles. The summed E-state index contributed by atoms with van der Waals surface area (Å²) >= 11 is 0. The number of ether oxygens (including phenoxy) is 1. The quantitative estimate of drug-likeness (QED) is 0.833. The van der Waals surface area contributed by atoms with Gasteiger partial charge in [-0.25, -0.2) is 4.98 Å². The summed E-state index contributed by atoms with van der Waals surface area (Å²) < 4.78 is 5.71. The van der Waals surface area contributed by atoms with Gasteiger partial charge in [-0.2, -0.15) is 0 Å². The standard InChI is InChI=1S/C15H16N2O/c1-9-5-15(16)17-8-13(9)11-3-4-14-12(7-11)6-10(2)18-14/h3-5,7-8,10H,6H2,1-2H3,(H2,16,17). The van der Waals surface area contributed by atoms with E-state index < -0.39 is 0 Å². The Hall–Kier alpha value is -2.03. The zero-order chi connectivity index (χ0) is 12.7. The molecular weight excluding hydrogens is 224 g/mol. The third-order valence-corrected chi connectivity index (χ3v) is 3.34. The largest absolute Gasteiger partial charge is 0.490 e. The second-order valence-electron chi connectivity index (χ2n) is 4.88. The smallest absolute Gasteiger partial charge is 0.123 e. The molecule has 1 aromatic carbocycles. The molecule has 92 valence electrons. The van der Waals surface area contributed by atoms with Crippen molar-refractivity contribution in [3.8, 4) is 16.9 Å². The Balaban J connectivity index is 2.05. The zero-order valence-electron chi connectivity index (χ0n) is 10.6. The van der Waals surface area contributed by atoms with Gasteiger partial charge >= 0.3 is 0 Å². The maximum Gasteiger partial charge on any atom is 0.123 e. The third kappa shape index (κ3) is 1.82. The number of benzene rings is 1. The Bertz CT molecular complexity index is 607. The Kier molecular flexibility index (Phi) is 2.47. The summed E-state index contributed by atoms with van der Waals surface area (Å²) in [6, 6.07) is 8.22. The van der Waals surface area contributed by atoms with E-state index in [0.29, 0.717) is 5.82 Å². The molecule has 1 atom stereocenters. The van der Waals surface area contributed by atoms with E-state index in [1.54, 1.807) is 0 Å². The fourth-order valence-corrected chi connectivity index (χ4v) is 2.47. The van der Waals surface area contributed by atoms with Crippen LogP contribution in [0.2, 0.25) is 0 Å². The fourth-order valence-electron chi connectivity index (χ4n) is 2.47. The summed E-state index contributed by atoms with van der Waals surface area (Å²) in [7, 11) is 0. The van der Waals surface area contributed by atoms with Gasteiger partial charge in [-0.1, -0.05) is 6.07 Å². The van der Waals surface area contributed by atoms with Crippen LogP contribution in [-0.2, 0) is 6.42 Å². The summed E-state index contributed by atoms with van der Waals surface area (Å²) in [6.45, 7) is 4.15. The fraction of sp³-hybridized carbons (Fsp3) is 0.267. The van der Waals surface area contributed by atoms with Crippen molar-refractivity contribution in [1.82, 2.24) is 4.98 Å². The number of hydrogen-bond acceptors (Lipinski definition) is 3. The maximum absolute atomic E-state index is 5.71. The van der Waals surface area contributed by atoms with Crippen molar-refractivity contribution < 1.29 is 4.74 Å². The first-order valence-electron chi connectivity index (χ1n) is 6.15. The number of nitrogens with zero attached hydrogens (tertiary/aromatic N) is 1. The Morgan fingerprint density at radius 2 is 2.17 bits per heavy atom. The zero-order valence-corrected chi connectivity index (χ0v) is 10.6. The predicted molar refractivity (Wildman–Crippen MR) is 72.6 cm³/mol. The molecule has 0 fully saturated rings. The Morgan fingerprint density at radius 3 is 2.94 bits per heavy atom. The molecule has 1 aromatic heterocycles. The van der Waals surface area contributed by atoms with E-state index in [0.717, 1.165) is 23.3 Å². The van der Waals surface area contributed by atoms with Gasteiger partial charge < -0.3 is 10.5 Å². The minimum absolute atomic E-state index is 0.279. The van der Waals surface area contributed by atoms with Crippen molar-refractivity contribution in [1.29, 1.82) is 0 Å². The number of aromatic nitrogens is 1. The van der Waals surface area contributed by atoms with Gasteiger partial charge in [0.2, 0.25) is 0 Å². The van der Waals surface area contributed by atoms with Crippen molar-refractivity contribution in [3.63, 3.8) is 0 Å². The first-order chi connectivity index (χ1) is 8.63. The number of fused-ring (bicyclic) bond motifs is 1. The normalized spacial score (nSPS) is 17.3. The van der Waals surface area contributed by atoms with Crippen LogP contribution < -0.4 is 10.5 Å². The molecule has 2 N–H and O–H groups in total. The summed E-state index contributed by atoms with van der Waals surface area (Å²) in [5.41, 5.74) is 10.4. The van der Waals surface area contributed by atoms with Crippen LogP contribution in [0.1, 0.15) is 18.1 Å². The van der Waals surface area contributed by atoms with Gasteiger partial charge in [-0.3, -0.25) is 0 Å². The van der Waals surface area contributed by atoms with Crippen molar-refractivity contribution in [3.05, 3.63) is 41.6 Å². The molecule has 2 heterocycles. The van der Waals surface area contributed by atoms with Crippen LogP contribution in [0.4, 0.5) is 5.82 Å². The minimum atomic E-state index is 0.279. The number of rotatable bonds is 1. The minimum Gasteiger partial charge on any atom is -0.490 e. The average Bonchev–Trinajstić information content (AvgIpc) is 2.68. The summed E-state index contributed by atoms with van der Waals surface area (Å²) in [5, 5.41) is 0. The topological polar surface area (TPSA) is 48.1 Å². The maximum atomic E-state index is 5.71. The van der Waals surface area contributed by atoms with Gasteiger partial charge in [0.1, 0.15) is 17.7 Å². The van der Waals surface area contributed by atoms with Gasteiger partial charge in [0.25, 0.3) is 0 Å². The number of hydrogen-bond donors (Lipinski definition) is 1. The van der Waals surface area contributed by atoms with E-state index >= 15 is 0 Å². The molecular formula is C15H16N2O. The van der Waals surface area contributed by atoms with E-state index in [4.69, 9.17) is 10.5 Å². The Morgan fingerprint density at radius 1 is 1.33 bits per heavy atom. The highest BCUT2D eigenvalue weighted by atomic mass is 16.5. The molecule has 2 aromatic rings. The molecule has 0 aliphatic carbocycles. The monoisotopic (exact) mass is 240 g/mol. The van der Waals surface area contributed by atoms with Crippen LogP contribution >= 0.6 is 0 Å². The van der Waals surface area contributed by atoms with Crippen LogP contribution in [0.3, 0.4) is 0 Å². The molecule has 0 bridgehead atoms. The second kappa shape index (κ2) is 4.02. The van der Waals surface area contributed by atoms with Gasteiger partial charge in [0.05, 0.1) is 0 Å². The molecule has 0 amide bonds. The lowest BCUT2D eigenvalue weighted by Crippen LogP contribution is -2.05. The number of anilines is 1. The molecule has 0 spiro atoms. The molecule has 3 heteroatoms. The summed E-state index contributed by atoms with van der Waals surface area (Å²) in [5.74, 6) is 1.57. The van der Waals surface area contributed by atoms with Gasteiger partial charge in [-0.05, 0) is 48.7 Å². The average molecular weight is 240 g/mol. The van der Waals surface area contributed by atoms with Gasteiger partial charge in [0, 0.05) is 18.2 Å². The lowest BCUT2D eigenvalue weighted by Gasteiger charge is -2.08. The second-order valence-corrected chi connectivity index (χ2v) is 4.88. The number of pyridine rings is 1. The molecule has 3 rings (SSSR count). The van der Waals surface area contributed by atoms with E-state index in [1.165, 1.54) is 11.1 Å². The Labute approximate surface area is 107 Å². The highest BCUT2D eigenvalue weighted by Crippen LogP contribution is 2.33. The van der Waals surface area contributed by atoms with Gasteiger partial charge in [-0.15, -0.1) is 0 Å². The van der Waals surface area contributed by atoms with E-state index in [-0.39, 0.29) is 6.10 Å². The lowest BCUT2D eigenvalue weighted by molar-refractivity contribution is 0.254. The van der Waals surface area contributed by atoms with E-state index in [2.05, 4.69) is 31.0 Å². The SMILES string of the molecule is Cc1cc(N)ncc1-c1ccc2c(c1)CC(C)O2. The summed E-state index contributed by atoms with van der Waals surface area (Å²) in [6.07, 6.45) is 3.09. The molecule has 3 nitrogen and oxygen atoms in total. The molecule has 1 aliphatic rings. The molecule has 0 radical (unpaired) electrons. The molecule has 18 heavy (non-hydrogen) atoms. The van der Waals surface area contributed by atoms with Crippen molar-refractivity contribution >= 4 is 5.82 Å². The van der Waals surface area contributed by atoms with Crippen LogP contribution in [0, 0.1) is 6.92 Å². The molecule has 1 unspecified atom stereocenters. The number of nitrogens with two attached hydrogens (primary N) is 1. The highest BCUT2D eigenvalue weighted by molar-refractivity contribution is 5.69. The van der Waals surface area contributed by atoms with E-state index in [1.807, 2.05) is 18.3 Å². The lowest BCUT2D eigenvalue weighted by atomic mass is 9.99. The van der Waals surface area contributed by atoms with Crippen LogP contribution in [0.5, 0.6) is 5.75 Å². The van der Waals surface area contributed by atoms with Gasteiger partial charge in [0.15, 0.2) is 0 Å². The third-order valence-electron chi connectivity index (χ3n) is 3.34. The van der Waals surface area contributed by atoms with Crippen LogP contribution in [0.25, 0.3) is 11.1 Å². The van der Waals surface area contributed by atoms with E-state index in [9.17, 15) is 0 Å². The molecule has 0 saturated heterocycles. The van der Waals surface area contributed by atoms with Crippen molar-refractivity contribution in [2.75, 3.05) is 5.73 Å². The highest BCUT2D eigenvalue weighted by Gasteiger charge is 2.19. The number of aryl methyl sites for hydroxylation is 1. The molecule has 0 saturated carbocycles. The predicted octanol–water partition coefficient (Wildman–Crippen LogP) is 2.96. The van der Waals surface area contributed by atoms with Crippen molar-refractivity contribution in [2.24, 2.45) is 0 Å². The summed E-state index contributed by atoms with van der Waals surface area (Å²) in [4.78, 5) is 4.17.